The largest absolute Gasteiger partial charge is 0.368 e. The third kappa shape index (κ3) is 2.62. The smallest absolute Gasteiger partial charge is 0.156 e. The maximum absolute atomic E-state index is 4.36. The van der Waals surface area contributed by atoms with Gasteiger partial charge in [-0.1, -0.05) is 50.5 Å². The van der Waals surface area contributed by atoms with E-state index in [0.717, 1.165) is 18.1 Å². The van der Waals surface area contributed by atoms with Gasteiger partial charge in [0.2, 0.25) is 0 Å². The van der Waals surface area contributed by atoms with Crippen molar-refractivity contribution in [1.82, 2.24) is 10.2 Å². The van der Waals surface area contributed by atoms with Crippen molar-refractivity contribution in [3.8, 4) is 0 Å². The van der Waals surface area contributed by atoms with Crippen LogP contribution in [0.25, 0.3) is 10.8 Å². The molecule has 3 nitrogen and oxygen atoms in total. The quantitative estimate of drug-likeness (QED) is 0.901. The molecule has 0 aliphatic heterocycles. The highest BCUT2D eigenvalue weighted by molar-refractivity contribution is 5.92. The van der Waals surface area contributed by atoms with Crippen LogP contribution in [0.3, 0.4) is 0 Å². The summed E-state index contributed by atoms with van der Waals surface area (Å²) in [6.07, 6.45) is 6.74. The van der Waals surface area contributed by atoms with Crippen LogP contribution in [0.4, 0.5) is 5.82 Å². The van der Waals surface area contributed by atoms with Gasteiger partial charge in [-0.25, -0.2) is 0 Å². The molecule has 1 aromatic carbocycles. The van der Waals surface area contributed by atoms with E-state index in [-0.39, 0.29) is 0 Å². The van der Waals surface area contributed by atoms with Crippen LogP contribution in [0.2, 0.25) is 0 Å². The van der Waals surface area contributed by atoms with Crippen molar-refractivity contribution in [3.63, 3.8) is 0 Å². The first kappa shape index (κ1) is 13.3. The Balaban J connectivity index is 1.82. The molecular formula is C17H23N3. The molecule has 0 saturated heterocycles. The third-order valence-electron chi connectivity index (χ3n) is 4.62. The average Bonchev–Trinajstić information content (AvgIpc) is 2.48. The molecule has 0 atom stereocenters. The molecule has 1 aromatic heterocycles. The molecule has 1 heterocycles. The van der Waals surface area contributed by atoms with E-state index in [1.54, 1.807) is 0 Å². The molecule has 1 N–H and O–H groups in total. The first-order valence-corrected chi connectivity index (χ1v) is 7.64. The molecule has 0 bridgehead atoms. The molecule has 3 rings (SSSR count). The van der Waals surface area contributed by atoms with Crippen LogP contribution in [-0.4, -0.2) is 16.7 Å². The van der Waals surface area contributed by atoms with Crippen molar-refractivity contribution in [2.24, 2.45) is 5.41 Å². The van der Waals surface area contributed by atoms with Crippen molar-refractivity contribution < 1.29 is 0 Å². The Morgan fingerprint density at radius 3 is 2.50 bits per heavy atom. The number of fused-ring (bicyclic) bond motifs is 1. The Kier molecular flexibility index (Phi) is 3.60. The van der Waals surface area contributed by atoms with E-state index in [1.165, 1.54) is 42.9 Å². The Morgan fingerprint density at radius 2 is 1.75 bits per heavy atom. The lowest BCUT2D eigenvalue weighted by Crippen LogP contribution is -2.29. The third-order valence-corrected chi connectivity index (χ3v) is 4.62. The van der Waals surface area contributed by atoms with Gasteiger partial charge in [-0.3, -0.25) is 0 Å². The lowest BCUT2D eigenvalue weighted by molar-refractivity contribution is 0.233. The van der Waals surface area contributed by atoms with Gasteiger partial charge >= 0.3 is 0 Å². The summed E-state index contributed by atoms with van der Waals surface area (Å²) in [5.41, 5.74) is 1.40. The Labute approximate surface area is 120 Å². The number of aryl methyl sites for hydroxylation is 1. The summed E-state index contributed by atoms with van der Waals surface area (Å²) < 4.78 is 0. The van der Waals surface area contributed by atoms with E-state index in [1.807, 2.05) is 6.92 Å². The molecule has 106 valence electrons. The molecule has 3 heteroatoms. The number of aromatic nitrogens is 2. The molecule has 0 amide bonds. The Morgan fingerprint density at radius 1 is 1.05 bits per heavy atom. The minimum atomic E-state index is 0.409. The molecule has 2 aromatic rings. The SMILES string of the molecule is Cc1nnc(NCC2(C)CCCCC2)c2ccccc12. The number of nitrogens with zero attached hydrogens (tertiary/aromatic N) is 2. The number of hydrogen-bond acceptors (Lipinski definition) is 3. The predicted molar refractivity (Wildman–Crippen MR) is 84.0 cm³/mol. The summed E-state index contributed by atoms with van der Waals surface area (Å²) >= 11 is 0. The summed E-state index contributed by atoms with van der Waals surface area (Å²) in [5.74, 6) is 0.929. The second kappa shape index (κ2) is 5.39. The van der Waals surface area contributed by atoms with Crippen molar-refractivity contribution in [2.75, 3.05) is 11.9 Å². The lowest BCUT2D eigenvalue weighted by atomic mass is 9.76. The van der Waals surface area contributed by atoms with Gasteiger partial charge in [0.05, 0.1) is 5.69 Å². The minimum Gasteiger partial charge on any atom is -0.368 e. The zero-order valence-corrected chi connectivity index (χ0v) is 12.4. The first-order chi connectivity index (χ1) is 9.68. The second-order valence-corrected chi connectivity index (χ2v) is 6.40. The summed E-state index contributed by atoms with van der Waals surface area (Å²) in [6.45, 7) is 5.40. The fraction of sp³-hybridized carbons (Fsp3) is 0.529. The number of benzene rings is 1. The van der Waals surface area contributed by atoms with Crippen LogP contribution >= 0.6 is 0 Å². The molecular weight excluding hydrogens is 246 g/mol. The Hall–Kier alpha value is -1.64. The van der Waals surface area contributed by atoms with Gasteiger partial charge in [0, 0.05) is 17.3 Å². The van der Waals surface area contributed by atoms with E-state index in [0.29, 0.717) is 5.41 Å². The monoisotopic (exact) mass is 269 g/mol. The summed E-state index contributed by atoms with van der Waals surface area (Å²) in [5, 5.41) is 14.6. The fourth-order valence-electron chi connectivity index (χ4n) is 3.25. The lowest BCUT2D eigenvalue weighted by Gasteiger charge is -2.33. The van der Waals surface area contributed by atoms with Crippen LogP contribution in [0, 0.1) is 12.3 Å². The summed E-state index contributed by atoms with van der Waals surface area (Å²) in [4.78, 5) is 0. The van der Waals surface area contributed by atoms with Crippen molar-refractivity contribution in [3.05, 3.63) is 30.0 Å². The first-order valence-electron chi connectivity index (χ1n) is 7.64. The highest BCUT2D eigenvalue weighted by atomic mass is 15.2. The van der Waals surface area contributed by atoms with Crippen LogP contribution in [0.1, 0.15) is 44.7 Å². The molecule has 1 aliphatic carbocycles. The van der Waals surface area contributed by atoms with Crippen LogP contribution in [-0.2, 0) is 0 Å². The second-order valence-electron chi connectivity index (χ2n) is 6.40. The van der Waals surface area contributed by atoms with E-state index < -0.39 is 0 Å². The van der Waals surface area contributed by atoms with Crippen LogP contribution < -0.4 is 5.32 Å². The molecule has 1 saturated carbocycles. The van der Waals surface area contributed by atoms with Gasteiger partial charge < -0.3 is 5.32 Å². The van der Waals surface area contributed by atoms with Crippen LogP contribution in [0.15, 0.2) is 24.3 Å². The highest BCUT2D eigenvalue weighted by Crippen LogP contribution is 2.36. The van der Waals surface area contributed by atoms with Gasteiger partial charge in [-0.05, 0) is 25.2 Å². The summed E-state index contributed by atoms with van der Waals surface area (Å²) in [6, 6.07) is 8.37. The zero-order chi connectivity index (χ0) is 14.0. The van der Waals surface area contributed by atoms with Gasteiger partial charge in [0.1, 0.15) is 0 Å². The van der Waals surface area contributed by atoms with Gasteiger partial charge in [-0.2, -0.15) is 5.10 Å². The van der Waals surface area contributed by atoms with E-state index >= 15 is 0 Å². The summed E-state index contributed by atoms with van der Waals surface area (Å²) in [7, 11) is 0. The van der Waals surface area contributed by atoms with E-state index in [9.17, 15) is 0 Å². The molecule has 0 unspecified atom stereocenters. The molecule has 0 spiro atoms. The molecule has 1 fully saturated rings. The van der Waals surface area contributed by atoms with Gasteiger partial charge in [-0.15, -0.1) is 5.10 Å². The molecule has 1 aliphatic rings. The molecule has 0 radical (unpaired) electrons. The maximum atomic E-state index is 4.36. The standard InChI is InChI=1S/C17H23N3/c1-13-14-8-4-5-9-15(14)16(20-19-13)18-12-17(2)10-6-3-7-11-17/h4-5,8-9H,3,6-7,10-12H2,1-2H3,(H,18,20). The topological polar surface area (TPSA) is 37.8 Å². The predicted octanol–water partition coefficient (Wildman–Crippen LogP) is 4.32. The minimum absolute atomic E-state index is 0.409. The van der Waals surface area contributed by atoms with Crippen molar-refractivity contribution in [1.29, 1.82) is 0 Å². The van der Waals surface area contributed by atoms with Gasteiger partial charge in [0.25, 0.3) is 0 Å². The van der Waals surface area contributed by atoms with Gasteiger partial charge in [0.15, 0.2) is 5.82 Å². The Bertz CT molecular complexity index is 600. The highest BCUT2D eigenvalue weighted by Gasteiger charge is 2.26. The van der Waals surface area contributed by atoms with Crippen molar-refractivity contribution in [2.45, 2.75) is 46.0 Å². The zero-order valence-electron chi connectivity index (χ0n) is 12.4. The van der Waals surface area contributed by atoms with E-state index in [2.05, 4.69) is 46.7 Å². The number of nitrogens with one attached hydrogen (secondary N) is 1. The number of hydrogen-bond donors (Lipinski definition) is 1. The van der Waals surface area contributed by atoms with E-state index in [4.69, 9.17) is 0 Å². The number of anilines is 1. The normalized spacial score (nSPS) is 18.1. The van der Waals surface area contributed by atoms with Crippen LogP contribution in [0.5, 0.6) is 0 Å². The fourth-order valence-corrected chi connectivity index (χ4v) is 3.25. The average molecular weight is 269 g/mol. The maximum Gasteiger partial charge on any atom is 0.156 e. The number of rotatable bonds is 3. The van der Waals surface area contributed by atoms with Crippen molar-refractivity contribution >= 4 is 16.6 Å². The molecule has 20 heavy (non-hydrogen) atoms.